The molecule has 0 aliphatic rings. The first-order valence-corrected chi connectivity index (χ1v) is 10.1. The highest BCUT2D eigenvalue weighted by molar-refractivity contribution is 9.10. The summed E-state index contributed by atoms with van der Waals surface area (Å²) >= 11 is 3.63. The molecule has 0 aliphatic heterocycles. The number of ether oxygens (including phenoxy) is 2. The van der Waals surface area contributed by atoms with Crippen molar-refractivity contribution in [2.45, 2.75) is 33.5 Å². The Balaban J connectivity index is 1.73. The fraction of sp³-hybridized carbons (Fsp3) is 0.286. The van der Waals surface area contributed by atoms with Crippen molar-refractivity contribution >= 4 is 21.9 Å². The highest BCUT2D eigenvalue weighted by Crippen LogP contribution is 2.34. The van der Waals surface area contributed by atoms with E-state index in [1.807, 2.05) is 19.1 Å². The van der Waals surface area contributed by atoms with Gasteiger partial charge in [-0.05, 0) is 47.5 Å². The summed E-state index contributed by atoms with van der Waals surface area (Å²) in [4.78, 5) is 0. The van der Waals surface area contributed by atoms with Gasteiger partial charge in [0.05, 0.1) is 13.2 Å². The normalized spacial score (nSPS) is 10.6. The molecule has 7 nitrogen and oxygen atoms in total. The van der Waals surface area contributed by atoms with Gasteiger partial charge in [-0.3, -0.25) is 0 Å². The molecule has 0 saturated heterocycles. The maximum atomic E-state index is 6.03. The molecule has 1 aromatic heterocycles. The van der Waals surface area contributed by atoms with Gasteiger partial charge in [0.25, 0.3) is 0 Å². The number of hydrogen-bond donors (Lipinski definition) is 1. The van der Waals surface area contributed by atoms with E-state index >= 15 is 0 Å². The highest BCUT2D eigenvalue weighted by Gasteiger charge is 2.13. The first-order chi connectivity index (χ1) is 14.1. The second kappa shape index (κ2) is 10.1. The van der Waals surface area contributed by atoms with Crippen LogP contribution in [0.5, 0.6) is 11.5 Å². The van der Waals surface area contributed by atoms with Gasteiger partial charge in [0.1, 0.15) is 6.61 Å². The molecule has 0 radical (unpaired) electrons. The molecule has 0 fully saturated rings. The number of anilines is 1. The van der Waals surface area contributed by atoms with Crippen LogP contribution in [0.2, 0.25) is 0 Å². The Hall–Kier alpha value is -2.87. The van der Waals surface area contributed by atoms with Gasteiger partial charge in [-0.25, -0.2) is 4.68 Å². The zero-order chi connectivity index (χ0) is 20.6. The van der Waals surface area contributed by atoms with Gasteiger partial charge in [-0.1, -0.05) is 56.9 Å². The van der Waals surface area contributed by atoms with Gasteiger partial charge < -0.3 is 14.8 Å². The third-order valence-corrected chi connectivity index (χ3v) is 4.94. The first kappa shape index (κ1) is 20.9. The Kier molecular flexibility index (Phi) is 7.24. The summed E-state index contributed by atoms with van der Waals surface area (Å²) in [7, 11) is 0. The summed E-state index contributed by atoms with van der Waals surface area (Å²) in [6.45, 7) is 9.81. The van der Waals surface area contributed by atoms with Crippen molar-refractivity contribution in [1.82, 2.24) is 20.2 Å². The first-order valence-electron chi connectivity index (χ1n) is 9.35. The molecule has 1 N–H and O–H groups in total. The fourth-order valence-electron chi connectivity index (χ4n) is 2.69. The number of aryl methyl sites for hydroxylation is 1. The third kappa shape index (κ3) is 5.57. The van der Waals surface area contributed by atoms with Gasteiger partial charge in [-0.15, -0.1) is 6.58 Å². The Morgan fingerprint density at radius 3 is 2.66 bits per heavy atom. The number of nitrogens with zero attached hydrogens (tertiary/aromatic N) is 4. The predicted octanol–water partition coefficient (Wildman–Crippen LogP) is 4.52. The minimum absolute atomic E-state index is 0.473. The molecule has 0 spiro atoms. The maximum absolute atomic E-state index is 6.03. The Morgan fingerprint density at radius 2 is 1.93 bits per heavy atom. The molecular weight excluding hydrogens is 434 g/mol. The van der Waals surface area contributed by atoms with Crippen LogP contribution in [0.3, 0.4) is 0 Å². The van der Waals surface area contributed by atoms with Gasteiger partial charge >= 0.3 is 0 Å². The van der Waals surface area contributed by atoms with Crippen molar-refractivity contribution in [2.24, 2.45) is 0 Å². The second-order valence-electron chi connectivity index (χ2n) is 6.42. The summed E-state index contributed by atoms with van der Waals surface area (Å²) in [5, 5.41) is 14.9. The number of rotatable bonds is 10. The SMILES string of the molecule is C=CCn1nnnc1NCc1cc(OCC)c(OCc2ccc(C)cc2)cc1Br. The van der Waals surface area contributed by atoms with E-state index in [1.54, 1.807) is 10.8 Å². The van der Waals surface area contributed by atoms with Crippen LogP contribution in [-0.4, -0.2) is 26.8 Å². The van der Waals surface area contributed by atoms with Crippen LogP contribution in [0.15, 0.2) is 53.5 Å². The number of tetrazole rings is 1. The van der Waals surface area contributed by atoms with E-state index in [1.165, 1.54) is 5.56 Å². The fourth-order valence-corrected chi connectivity index (χ4v) is 3.15. The van der Waals surface area contributed by atoms with Crippen LogP contribution in [0.25, 0.3) is 0 Å². The lowest BCUT2D eigenvalue weighted by molar-refractivity contribution is 0.269. The number of benzene rings is 2. The van der Waals surface area contributed by atoms with E-state index < -0.39 is 0 Å². The lowest BCUT2D eigenvalue weighted by atomic mass is 10.1. The van der Waals surface area contributed by atoms with E-state index in [0.717, 1.165) is 15.6 Å². The summed E-state index contributed by atoms with van der Waals surface area (Å²) in [6, 6.07) is 12.2. The predicted molar refractivity (Wildman–Crippen MR) is 116 cm³/mol. The maximum Gasteiger partial charge on any atom is 0.243 e. The molecule has 0 unspecified atom stereocenters. The van der Waals surface area contributed by atoms with Gasteiger partial charge in [0.2, 0.25) is 5.95 Å². The van der Waals surface area contributed by atoms with Crippen molar-refractivity contribution in [3.63, 3.8) is 0 Å². The summed E-state index contributed by atoms with van der Waals surface area (Å²) in [5.41, 5.74) is 3.33. The highest BCUT2D eigenvalue weighted by atomic mass is 79.9. The van der Waals surface area contributed by atoms with E-state index in [0.29, 0.717) is 43.8 Å². The molecule has 0 aliphatic carbocycles. The van der Waals surface area contributed by atoms with E-state index in [-0.39, 0.29) is 0 Å². The molecule has 0 atom stereocenters. The van der Waals surface area contributed by atoms with Crippen molar-refractivity contribution in [2.75, 3.05) is 11.9 Å². The minimum atomic E-state index is 0.473. The van der Waals surface area contributed by atoms with Crippen LogP contribution in [0.1, 0.15) is 23.6 Å². The van der Waals surface area contributed by atoms with Crippen LogP contribution < -0.4 is 14.8 Å². The number of allylic oxidation sites excluding steroid dienone is 1. The molecule has 2 aromatic carbocycles. The molecular formula is C21H24BrN5O2. The lowest BCUT2D eigenvalue weighted by Crippen LogP contribution is -2.09. The monoisotopic (exact) mass is 457 g/mol. The van der Waals surface area contributed by atoms with Gasteiger partial charge in [0.15, 0.2) is 11.5 Å². The molecule has 8 heteroatoms. The zero-order valence-electron chi connectivity index (χ0n) is 16.6. The Morgan fingerprint density at radius 1 is 1.17 bits per heavy atom. The van der Waals surface area contributed by atoms with Crippen molar-refractivity contribution < 1.29 is 9.47 Å². The average Bonchev–Trinajstić information content (AvgIpc) is 3.15. The Bertz CT molecular complexity index is 956. The summed E-state index contributed by atoms with van der Waals surface area (Å²) < 4.78 is 14.4. The molecule has 0 bridgehead atoms. The van der Waals surface area contributed by atoms with Crippen LogP contribution in [-0.2, 0) is 19.7 Å². The average molecular weight is 458 g/mol. The summed E-state index contributed by atoms with van der Waals surface area (Å²) in [5.74, 6) is 1.97. The van der Waals surface area contributed by atoms with E-state index in [2.05, 4.69) is 74.5 Å². The molecule has 3 aromatic rings. The standard InChI is InChI=1S/C21H24BrN5O2/c1-4-10-27-21(24-25-26-27)23-13-17-11-19(28-5-2)20(12-18(17)22)29-14-16-8-6-15(3)7-9-16/h4,6-9,11-12H,1,5,10,13-14H2,2-3H3,(H,23,24,26). The summed E-state index contributed by atoms with van der Waals surface area (Å²) in [6.07, 6.45) is 1.74. The van der Waals surface area contributed by atoms with E-state index in [9.17, 15) is 0 Å². The number of nitrogens with one attached hydrogen (secondary N) is 1. The number of halogens is 1. The topological polar surface area (TPSA) is 74.1 Å². The largest absolute Gasteiger partial charge is 0.490 e. The molecule has 1 heterocycles. The lowest BCUT2D eigenvalue weighted by Gasteiger charge is -2.15. The molecule has 152 valence electrons. The molecule has 0 saturated carbocycles. The van der Waals surface area contributed by atoms with Crippen molar-refractivity contribution in [3.05, 3.63) is 70.2 Å². The smallest absolute Gasteiger partial charge is 0.243 e. The molecule has 3 rings (SSSR count). The molecule has 29 heavy (non-hydrogen) atoms. The van der Waals surface area contributed by atoms with Gasteiger partial charge in [0, 0.05) is 11.0 Å². The second-order valence-corrected chi connectivity index (χ2v) is 7.28. The third-order valence-electron chi connectivity index (χ3n) is 4.20. The van der Waals surface area contributed by atoms with Crippen LogP contribution >= 0.6 is 15.9 Å². The molecule has 0 amide bonds. The zero-order valence-corrected chi connectivity index (χ0v) is 18.1. The quantitative estimate of drug-likeness (QED) is 0.451. The van der Waals surface area contributed by atoms with Crippen LogP contribution in [0.4, 0.5) is 5.95 Å². The number of aromatic nitrogens is 4. The minimum Gasteiger partial charge on any atom is -0.490 e. The van der Waals surface area contributed by atoms with Crippen molar-refractivity contribution in [1.29, 1.82) is 0 Å². The van der Waals surface area contributed by atoms with Crippen molar-refractivity contribution in [3.8, 4) is 11.5 Å². The van der Waals surface area contributed by atoms with E-state index in [4.69, 9.17) is 9.47 Å². The van der Waals surface area contributed by atoms with Gasteiger partial charge in [-0.2, -0.15) is 0 Å². The number of hydrogen-bond acceptors (Lipinski definition) is 6. The van der Waals surface area contributed by atoms with Crippen LogP contribution in [0, 0.1) is 6.92 Å². The Labute approximate surface area is 178 Å².